The van der Waals surface area contributed by atoms with Crippen LogP contribution in [-0.4, -0.2) is 11.7 Å². The van der Waals surface area contributed by atoms with Crippen molar-refractivity contribution < 1.29 is 9.59 Å². The first kappa shape index (κ1) is 12.6. The van der Waals surface area contributed by atoms with Crippen molar-refractivity contribution in [1.82, 2.24) is 0 Å². The number of carbonyl (C=O) groups excluding carboxylic acids is 2. The van der Waals surface area contributed by atoms with E-state index in [4.69, 9.17) is 0 Å². The van der Waals surface area contributed by atoms with Crippen molar-refractivity contribution in [2.24, 2.45) is 5.92 Å². The minimum Gasteiger partial charge on any atom is -0.325 e. The van der Waals surface area contributed by atoms with Gasteiger partial charge in [0.2, 0.25) is 5.91 Å². The minimum absolute atomic E-state index is 0.0771. The average Bonchev–Trinajstić information content (AvgIpc) is 2.79. The number of hydrogen-bond donors (Lipinski definition) is 1. The molecule has 0 fully saturated rings. The molecule has 3 rings (SSSR count). The summed E-state index contributed by atoms with van der Waals surface area (Å²) in [6.07, 6.45) is 0.493. The quantitative estimate of drug-likeness (QED) is 0.848. The van der Waals surface area contributed by atoms with Gasteiger partial charge in [0.1, 0.15) is 5.92 Å². The van der Waals surface area contributed by atoms with Crippen LogP contribution in [0, 0.1) is 12.8 Å². The smallest absolute Gasteiger partial charge is 0.235 e. The van der Waals surface area contributed by atoms with Gasteiger partial charge in [0.05, 0.1) is 0 Å². The number of fused-ring (bicyclic) bond motifs is 1. The lowest BCUT2D eigenvalue weighted by molar-refractivity contribution is -0.118. The van der Waals surface area contributed by atoms with E-state index in [2.05, 4.69) is 5.32 Å². The molecule has 1 N–H and O–H groups in total. The minimum atomic E-state index is -0.605. The van der Waals surface area contributed by atoms with Gasteiger partial charge in [-0.3, -0.25) is 9.59 Å². The number of hydrogen-bond acceptors (Lipinski definition) is 2. The number of benzene rings is 2. The molecule has 1 aliphatic rings. The second-order valence-electron chi connectivity index (χ2n) is 5.08. The van der Waals surface area contributed by atoms with E-state index in [1.54, 1.807) is 6.07 Å². The molecule has 0 aromatic heterocycles. The highest BCUT2D eigenvalue weighted by Crippen LogP contribution is 2.27. The Morgan fingerprint density at radius 2 is 1.80 bits per heavy atom. The normalized spacial score (nSPS) is 16.9. The molecule has 2 aromatic carbocycles. The van der Waals surface area contributed by atoms with Crippen LogP contribution in [0.2, 0.25) is 0 Å². The van der Waals surface area contributed by atoms with Gasteiger partial charge in [-0.05, 0) is 30.5 Å². The van der Waals surface area contributed by atoms with Gasteiger partial charge in [0, 0.05) is 11.3 Å². The van der Waals surface area contributed by atoms with Crippen LogP contribution in [0.3, 0.4) is 0 Å². The van der Waals surface area contributed by atoms with E-state index in [9.17, 15) is 9.59 Å². The van der Waals surface area contributed by atoms with Gasteiger partial charge >= 0.3 is 0 Å². The van der Waals surface area contributed by atoms with Crippen molar-refractivity contribution in [3.8, 4) is 0 Å². The summed E-state index contributed by atoms with van der Waals surface area (Å²) in [4.78, 5) is 24.6. The van der Waals surface area contributed by atoms with Crippen molar-refractivity contribution in [2.45, 2.75) is 13.3 Å². The molecule has 1 unspecified atom stereocenters. The van der Waals surface area contributed by atoms with E-state index in [1.165, 1.54) is 0 Å². The Balaban J connectivity index is 1.81. The summed E-state index contributed by atoms with van der Waals surface area (Å²) in [5, 5.41) is 2.86. The first-order valence-electron chi connectivity index (χ1n) is 6.65. The highest BCUT2D eigenvalue weighted by atomic mass is 16.2. The van der Waals surface area contributed by atoms with Gasteiger partial charge in [0.15, 0.2) is 5.78 Å². The van der Waals surface area contributed by atoms with Crippen molar-refractivity contribution in [2.75, 3.05) is 5.32 Å². The lowest BCUT2D eigenvalue weighted by atomic mass is 10.0. The predicted molar refractivity (Wildman–Crippen MR) is 77.8 cm³/mol. The molecule has 100 valence electrons. The van der Waals surface area contributed by atoms with Gasteiger partial charge in [0.25, 0.3) is 0 Å². The number of nitrogens with one attached hydrogen (secondary N) is 1. The molecule has 0 aliphatic heterocycles. The second-order valence-corrected chi connectivity index (χ2v) is 5.08. The van der Waals surface area contributed by atoms with Crippen molar-refractivity contribution >= 4 is 17.4 Å². The molecule has 1 amide bonds. The van der Waals surface area contributed by atoms with Crippen LogP contribution in [0.25, 0.3) is 0 Å². The van der Waals surface area contributed by atoms with Crippen LogP contribution >= 0.6 is 0 Å². The standard InChI is InChI=1S/C17H15NO2/c1-11-6-2-5-9-15(11)18-17(20)14-10-12-7-3-4-8-13(12)16(14)19/h2-9,14H,10H2,1H3,(H,18,20). The molecule has 3 nitrogen and oxygen atoms in total. The fourth-order valence-corrected chi connectivity index (χ4v) is 2.58. The lowest BCUT2D eigenvalue weighted by Crippen LogP contribution is -2.27. The second kappa shape index (κ2) is 4.93. The zero-order valence-electron chi connectivity index (χ0n) is 11.2. The predicted octanol–water partition coefficient (Wildman–Crippen LogP) is 2.99. The topological polar surface area (TPSA) is 46.2 Å². The molecule has 0 spiro atoms. The van der Waals surface area contributed by atoms with Gasteiger partial charge < -0.3 is 5.32 Å². The fourth-order valence-electron chi connectivity index (χ4n) is 2.58. The van der Waals surface area contributed by atoms with Crippen LogP contribution in [0.4, 0.5) is 5.69 Å². The molecular formula is C17H15NO2. The Morgan fingerprint density at radius 1 is 1.10 bits per heavy atom. The Kier molecular flexibility index (Phi) is 3.11. The molecule has 2 aromatic rings. The first-order chi connectivity index (χ1) is 9.66. The number of carbonyl (C=O) groups is 2. The molecule has 0 heterocycles. The van der Waals surface area contributed by atoms with Gasteiger partial charge in [-0.25, -0.2) is 0 Å². The summed E-state index contributed by atoms with van der Waals surface area (Å²) < 4.78 is 0. The number of ketones is 1. The molecular weight excluding hydrogens is 250 g/mol. The number of anilines is 1. The average molecular weight is 265 g/mol. The number of amides is 1. The SMILES string of the molecule is Cc1ccccc1NC(=O)C1Cc2ccccc2C1=O. The van der Waals surface area contributed by atoms with Crippen LogP contribution in [0.1, 0.15) is 21.5 Å². The summed E-state index contributed by atoms with van der Waals surface area (Å²) in [7, 11) is 0. The van der Waals surface area contributed by atoms with E-state index in [0.29, 0.717) is 12.0 Å². The molecule has 0 radical (unpaired) electrons. The number of aryl methyl sites for hydroxylation is 1. The molecule has 0 saturated heterocycles. The maximum Gasteiger partial charge on any atom is 0.235 e. The maximum atomic E-state index is 12.3. The summed E-state index contributed by atoms with van der Waals surface area (Å²) in [6, 6.07) is 15.0. The molecule has 0 saturated carbocycles. The zero-order valence-corrected chi connectivity index (χ0v) is 11.2. The number of Topliss-reactive ketones (excluding diaryl/α,β-unsaturated/α-hetero) is 1. The van der Waals surface area contributed by atoms with Crippen molar-refractivity contribution in [3.63, 3.8) is 0 Å². The van der Waals surface area contributed by atoms with Crippen LogP contribution in [0.5, 0.6) is 0 Å². The highest BCUT2D eigenvalue weighted by Gasteiger charge is 2.35. The Bertz CT molecular complexity index is 691. The Morgan fingerprint density at radius 3 is 2.55 bits per heavy atom. The van der Waals surface area contributed by atoms with Crippen LogP contribution in [-0.2, 0) is 11.2 Å². The molecule has 1 atom stereocenters. The Labute approximate surface area is 117 Å². The van der Waals surface area contributed by atoms with Gasteiger partial charge in [-0.1, -0.05) is 42.5 Å². The van der Waals surface area contributed by atoms with Crippen LogP contribution < -0.4 is 5.32 Å². The first-order valence-corrected chi connectivity index (χ1v) is 6.65. The van der Waals surface area contributed by atoms with E-state index >= 15 is 0 Å². The summed E-state index contributed by atoms with van der Waals surface area (Å²) in [6.45, 7) is 1.93. The van der Waals surface area contributed by atoms with E-state index in [0.717, 1.165) is 16.8 Å². The van der Waals surface area contributed by atoms with Crippen LogP contribution in [0.15, 0.2) is 48.5 Å². The van der Waals surface area contributed by atoms with E-state index in [-0.39, 0.29) is 11.7 Å². The molecule has 3 heteroatoms. The lowest BCUT2D eigenvalue weighted by Gasteiger charge is -2.11. The van der Waals surface area contributed by atoms with E-state index in [1.807, 2.05) is 49.4 Å². The third-order valence-electron chi connectivity index (χ3n) is 3.74. The summed E-state index contributed by atoms with van der Waals surface area (Å²) >= 11 is 0. The number of para-hydroxylation sites is 1. The monoisotopic (exact) mass is 265 g/mol. The molecule has 1 aliphatic carbocycles. The zero-order chi connectivity index (χ0) is 14.1. The summed E-state index contributed by atoms with van der Waals surface area (Å²) in [5.41, 5.74) is 3.39. The molecule has 0 bridgehead atoms. The van der Waals surface area contributed by atoms with Crippen molar-refractivity contribution in [1.29, 1.82) is 0 Å². The summed E-state index contributed by atoms with van der Waals surface area (Å²) in [5.74, 6) is -0.904. The van der Waals surface area contributed by atoms with E-state index < -0.39 is 5.92 Å². The number of rotatable bonds is 2. The largest absolute Gasteiger partial charge is 0.325 e. The highest BCUT2D eigenvalue weighted by molar-refractivity contribution is 6.16. The maximum absolute atomic E-state index is 12.3. The third-order valence-corrected chi connectivity index (χ3v) is 3.74. The fraction of sp³-hybridized carbons (Fsp3) is 0.176. The molecule has 20 heavy (non-hydrogen) atoms. The van der Waals surface area contributed by atoms with Gasteiger partial charge in [-0.15, -0.1) is 0 Å². The third kappa shape index (κ3) is 2.11. The Hall–Kier alpha value is -2.42. The van der Waals surface area contributed by atoms with Gasteiger partial charge in [-0.2, -0.15) is 0 Å². The van der Waals surface area contributed by atoms with Crippen molar-refractivity contribution in [3.05, 3.63) is 65.2 Å².